The zero-order valence-electron chi connectivity index (χ0n) is 30.6. The van der Waals surface area contributed by atoms with Gasteiger partial charge in [-0.05, 0) is 55.2 Å². The van der Waals surface area contributed by atoms with Crippen LogP contribution in [0, 0.1) is 11.8 Å². The summed E-state index contributed by atoms with van der Waals surface area (Å²) in [6, 6.07) is 4.52. The number of fused-ring (bicyclic) bond motifs is 2. The molecule has 0 radical (unpaired) electrons. The second-order valence-corrected chi connectivity index (χ2v) is 16.5. The van der Waals surface area contributed by atoms with Gasteiger partial charge in [-0.3, -0.25) is 19.2 Å². The number of aliphatic hydroxyl groups excluding tert-OH is 1. The van der Waals surface area contributed by atoms with E-state index in [0.29, 0.717) is 13.1 Å². The lowest BCUT2D eigenvalue weighted by Crippen LogP contribution is -2.51. The van der Waals surface area contributed by atoms with E-state index in [1.165, 1.54) is 11.6 Å². The van der Waals surface area contributed by atoms with Gasteiger partial charge in [-0.1, -0.05) is 33.8 Å². The standard InChI is InChI=1S/C38H46N8O5S2/c1-19(2)31(40-21(5)48)37(50)46-13-7-9-29(46)36-41-25-11-10-22(14-26(25)42-36)23-17-52-34-24(18-53-33(23)34)27-15-39-35(43-27)28-8-6-12-45(28)38(51)32(20(3)4)44-30(49)16-47/h10-11,14-15,17-20,28-29,31-32,47H,6-9,12-13,16H2,1-5H3,(H,39,43)(H,40,48)(H,41,42)(H,44,49)/t28?,29?,31-,32-/m0/s1. The number of H-pyrrole nitrogens is 2. The Morgan fingerprint density at radius 1 is 0.868 bits per heavy atom. The van der Waals surface area contributed by atoms with E-state index in [4.69, 9.17) is 9.97 Å². The van der Waals surface area contributed by atoms with Gasteiger partial charge in [0.05, 0.1) is 44.4 Å². The number of likely N-dealkylation sites (tertiary alicyclic amines) is 2. The molecule has 5 aromatic rings. The number of aromatic amines is 2. The first kappa shape index (κ1) is 36.7. The van der Waals surface area contributed by atoms with E-state index in [1.807, 2.05) is 44.9 Å². The van der Waals surface area contributed by atoms with Gasteiger partial charge in [0.1, 0.15) is 30.3 Å². The smallest absolute Gasteiger partial charge is 0.246 e. The Morgan fingerprint density at radius 3 is 2.09 bits per heavy atom. The predicted molar refractivity (Wildman–Crippen MR) is 206 cm³/mol. The molecule has 2 saturated heterocycles. The van der Waals surface area contributed by atoms with E-state index in [1.54, 1.807) is 27.6 Å². The molecule has 6 heterocycles. The van der Waals surface area contributed by atoms with Crippen molar-refractivity contribution in [2.24, 2.45) is 11.8 Å². The van der Waals surface area contributed by atoms with Crippen molar-refractivity contribution < 1.29 is 24.3 Å². The molecular formula is C38H46N8O5S2. The van der Waals surface area contributed by atoms with Gasteiger partial charge in [0.25, 0.3) is 0 Å². The minimum atomic E-state index is -0.724. The zero-order valence-corrected chi connectivity index (χ0v) is 32.2. The molecule has 15 heteroatoms. The van der Waals surface area contributed by atoms with E-state index in [-0.39, 0.29) is 41.6 Å². The highest BCUT2D eigenvalue weighted by Gasteiger charge is 2.38. The molecule has 280 valence electrons. The topological polar surface area (TPSA) is 176 Å². The average molecular weight is 759 g/mol. The lowest BCUT2D eigenvalue weighted by atomic mass is 10.0. The van der Waals surface area contributed by atoms with Crippen LogP contribution >= 0.6 is 22.7 Å². The Labute approximate surface area is 315 Å². The Balaban J connectivity index is 1.11. The summed E-state index contributed by atoms with van der Waals surface area (Å²) >= 11 is 3.36. The SMILES string of the molecule is CC(=O)N[C@H](C(=O)N1CCCC1c1nc2ccc(-c3csc4c(-c5cnc(C6CCCN6C(=O)[C@@H](NC(=O)CO)C(C)C)[nH]5)csc34)cc2[nH]1)C(C)C. The van der Waals surface area contributed by atoms with Crippen LogP contribution in [0.5, 0.6) is 0 Å². The number of carbonyl (C=O) groups excluding carboxylic acids is 4. The molecule has 53 heavy (non-hydrogen) atoms. The number of benzene rings is 1. The van der Waals surface area contributed by atoms with E-state index in [0.717, 1.165) is 75.4 Å². The second-order valence-electron chi connectivity index (χ2n) is 14.7. The Kier molecular flexibility index (Phi) is 10.4. The van der Waals surface area contributed by atoms with Gasteiger partial charge in [-0.2, -0.15) is 0 Å². The number of nitrogens with zero attached hydrogens (tertiary/aromatic N) is 4. The zero-order chi connectivity index (χ0) is 37.6. The third-order valence-electron chi connectivity index (χ3n) is 10.4. The Hall–Kier alpha value is -4.60. The molecule has 0 spiro atoms. The largest absolute Gasteiger partial charge is 0.387 e. The molecule has 5 N–H and O–H groups in total. The maximum atomic E-state index is 13.6. The molecule has 0 saturated carbocycles. The number of carbonyl (C=O) groups is 4. The van der Waals surface area contributed by atoms with Crippen LogP contribution in [0.15, 0.2) is 35.2 Å². The lowest BCUT2D eigenvalue weighted by molar-refractivity contribution is -0.139. The highest BCUT2D eigenvalue weighted by Crippen LogP contribution is 2.45. The third-order valence-corrected chi connectivity index (χ3v) is 12.5. The first-order valence-corrected chi connectivity index (χ1v) is 20.0. The second kappa shape index (κ2) is 15.0. The lowest BCUT2D eigenvalue weighted by Gasteiger charge is -2.30. The molecule has 2 fully saturated rings. The number of rotatable bonds is 11. The van der Waals surface area contributed by atoms with Crippen LogP contribution in [0.2, 0.25) is 0 Å². The fraction of sp³-hybridized carbons (Fsp3) is 0.474. The van der Waals surface area contributed by atoms with E-state index >= 15 is 0 Å². The molecule has 4 atom stereocenters. The third kappa shape index (κ3) is 7.09. The van der Waals surface area contributed by atoms with Gasteiger partial charge in [-0.15, -0.1) is 22.7 Å². The number of hydrogen-bond acceptors (Lipinski definition) is 9. The molecule has 2 aliphatic rings. The molecule has 7 rings (SSSR count). The van der Waals surface area contributed by atoms with Crippen molar-refractivity contribution in [1.82, 2.24) is 40.4 Å². The van der Waals surface area contributed by atoms with Gasteiger partial charge in [-0.25, -0.2) is 9.97 Å². The van der Waals surface area contributed by atoms with Gasteiger partial charge < -0.3 is 35.5 Å². The van der Waals surface area contributed by atoms with Gasteiger partial charge in [0, 0.05) is 41.9 Å². The molecule has 13 nitrogen and oxygen atoms in total. The number of imidazole rings is 2. The first-order chi connectivity index (χ1) is 25.4. The summed E-state index contributed by atoms with van der Waals surface area (Å²) in [6.07, 6.45) is 5.11. The number of nitrogens with one attached hydrogen (secondary N) is 4. The predicted octanol–water partition coefficient (Wildman–Crippen LogP) is 5.52. The van der Waals surface area contributed by atoms with Crippen LogP contribution in [0.25, 0.3) is 42.8 Å². The number of aromatic nitrogens is 4. The van der Waals surface area contributed by atoms with Gasteiger partial charge in [0.2, 0.25) is 23.6 Å². The minimum absolute atomic E-state index is 0.0348. The monoisotopic (exact) mass is 758 g/mol. The van der Waals surface area contributed by atoms with Crippen LogP contribution < -0.4 is 10.6 Å². The van der Waals surface area contributed by atoms with Gasteiger partial charge in [0.15, 0.2) is 0 Å². The van der Waals surface area contributed by atoms with Crippen LogP contribution in [0.3, 0.4) is 0 Å². The van der Waals surface area contributed by atoms with Crippen molar-refractivity contribution in [3.63, 3.8) is 0 Å². The summed E-state index contributed by atoms with van der Waals surface area (Å²) in [5.74, 6) is 0.284. The summed E-state index contributed by atoms with van der Waals surface area (Å²) in [4.78, 5) is 71.3. The number of hydrogen-bond donors (Lipinski definition) is 5. The Bertz CT molecular complexity index is 2160. The molecule has 2 unspecified atom stereocenters. The molecule has 0 aliphatic carbocycles. The van der Waals surface area contributed by atoms with Crippen LogP contribution in [-0.4, -0.2) is 90.3 Å². The fourth-order valence-electron chi connectivity index (χ4n) is 7.66. The highest BCUT2D eigenvalue weighted by atomic mass is 32.1. The number of thiophene rings is 2. The van der Waals surface area contributed by atoms with E-state index in [2.05, 4.69) is 43.5 Å². The van der Waals surface area contributed by atoms with Crippen molar-refractivity contribution in [3.05, 3.63) is 46.8 Å². The molecule has 1 aromatic carbocycles. The summed E-state index contributed by atoms with van der Waals surface area (Å²) in [7, 11) is 0. The molecule has 4 aromatic heterocycles. The van der Waals surface area contributed by atoms with E-state index in [9.17, 15) is 24.3 Å². The highest BCUT2D eigenvalue weighted by molar-refractivity contribution is 7.27. The fourth-order valence-corrected chi connectivity index (χ4v) is 10.1. The van der Waals surface area contributed by atoms with Gasteiger partial charge >= 0.3 is 0 Å². The normalized spacial score (nSPS) is 18.8. The van der Waals surface area contributed by atoms with Crippen molar-refractivity contribution in [2.45, 2.75) is 84.5 Å². The minimum Gasteiger partial charge on any atom is -0.387 e. The van der Waals surface area contributed by atoms with Crippen LogP contribution in [-0.2, 0) is 19.2 Å². The van der Waals surface area contributed by atoms with Crippen LogP contribution in [0.4, 0.5) is 0 Å². The molecule has 4 amide bonds. The quantitative estimate of drug-likeness (QED) is 0.118. The first-order valence-electron chi connectivity index (χ1n) is 18.3. The molecule has 0 bridgehead atoms. The molecular weight excluding hydrogens is 713 g/mol. The summed E-state index contributed by atoms with van der Waals surface area (Å²) < 4.78 is 2.32. The summed E-state index contributed by atoms with van der Waals surface area (Å²) in [5.41, 5.74) is 5.87. The van der Waals surface area contributed by atoms with Crippen molar-refractivity contribution in [3.8, 4) is 22.4 Å². The Morgan fingerprint density at radius 2 is 1.47 bits per heavy atom. The molecule has 2 aliphatic heterocycles. The maximum absolute atomic E-state index is 13.6. The number of amides is 4. The van der Waals surface area contributed by atoms with Crippen molar-refractivity contribution in [1.29, 1.82) is 0 Å². The van der Waals surface area contributed by atoms with E-state index < -0.39 is 24.6 Å². The van der Waals surface area contributed by atoms with Crippen molar-refractivity contribution >= 4 is 66.7 Å². The average Bonchev–Trinajstić information content (AvgIpc) is 3.97. The number of aliphatic hydroxyl groups is 1. The summed E-state index contributed by atoms with van der Waals surface area (Å²) in [5, 5.41) is 19.1. The summed E-state index contributed by atoms with van der Waals surface area (Å²) in [6.45, 7) is 9.63. The maximum Gasteiger partial charge on any atom is 0.246 e. The van der Waals surface area contributed by atoms with Crippen LogP contribution in [0.1, 0.15) is 84.0 Å². The van der Waals surface area contributed by atoms with Crippen molar-refractivity contribution in [2.75, 3.05) is 19.7 Å².